The fraction of sp³-hybridized carbons (Fsp3) is 0.188. The van der Waals surface area contributed by atoms with E-state index < -0.39 is 0 Å². The standard InChI is InChI=1S/C16H12BrNO/c17-12-6-3-5-11(8-12)16-18-15-13-7-2-1-4-10(13)9-14(15)19-16/h1-8,14-15H,9H2/t14-,15+/m1/s1. The van der Waals surface area contributed by atoms with Crippen molar-refractivity contribution >= 4 is 21.8 Å². The number of fused-ring (bicyclic) bond motifs is 3. The third-order valence-electron chi connectivity index (χ3n) is 3.74. The van der Waals surface area contributed by atoms with Gasteiger partial charge in [0.25, 0.3) is 0 Å². The van der Waals surface area contributed by atoms with Gasteiger partial charge in [0, 0.05) is 16.5 Å². The van der Waals surface area contributed by atoms with E-state index in [1.165, 1.54) is 11.1 Å². The van der Waals surface area contributed by atoms with Crippen molar-refractivity contribution in [3.05, 3.63) is 69.7 Å². The van der Waals surface area contributed by atoms with Gasteiger partial charge >= 0.3 is 0 Å². The molecular weight excluding hydrogens is 302 g/mol. The van der Waals surface area contributed by atoms with E-state index in [9.17, 15) is 0 Å². The van der Waals surface area contributed by atoms with Crippen LogP contribution in [0.5, 0.6) is 0 Å². The Bertz CT molecular complexity index is 680. The number of hydrogen-bond acceptors (Lipinski definition) is 2. The molecule has 4 rings (SSSR count). The second-order valence-corrected chi connectivity index (χ2v) is 5.86. The van der Waals surface area contributed by atoms with Crippen molar-refractivity contribution in [3.8, 4) is 0 Å². The van der Waals surface area contributed by atoms with Crippen LogP contribution in [-0.2, 0) is 11.2 Å². The predicted octanol–water partition coefficient (Wildman–Crippen LogP) is 3.89. The van der Waals surface area contributed by atoms with Crippen molar-refractivity contribution in [2.24, 2.45) is 4.99 Å². The normalized spacial score (nSPS) is 23.5. The minimum atomic E-state index is 0.171. The Morgan fingerprint density at radius 3 is 2.89 bits per heavy atom. The van der Waals surface area contributed by atoms with E-state index >= 15 is 0 Å². The fourth-order valence-corrected chi connectivity index (χ4v) is 3.26. The molecule has 1 aliphatic carbocycles. The lowest BCUT2D eigenvalue weighted by Crippen LogP contribution is -2.13. The Labute approximate surface area is 120 Å². The first-order valence-electron chi connectivity index (χ1n) is 6.39. The highest BCUT2D eigenvalue weighted by Gasteiger charge is 2.39. The number of ether oxygens (including phenoxy) is 1. The topological polar surface area (TPSA) is 21.6 Å². The third kappa shape index (κ3) is 1.80. The molecule has 0 spiro atoms. The van der Waals surface area contributed by atoms with Crippen LogP contribution in [-0.4, -0.2) is 12.0 Å². The van der Waals surface area contributed by atoms with Crippen LogP contribution in [0.15, 0.2) is 58.0 Å². The molecule has 0 saturated heterocycles. The van der Waals surface area contributed by atoms with Crippen molar-refractivity contribution in [2.45, 2.75) is 18.6 Å². The average Bonchev–Trinajstić information content (AvgIpc) is 2.96. The lowest BCUT2D eigenvalue weighted by Gasteiger charge is -2.08. The number of nitrogens with zero attached hydrogens (tertiary/aromatic N) is 1. The van der Waals surface area contributed by atoms with Gasteiger partial charge < -0.3 is 4.74 Å². The molecule has 2 aliphatic rings. The van der Waals surface area contributed by atoms with Crippen molar-refractivity contribution in [3.63, 3.8) is 0 Å². The van der Waals surface area contributed by atoms with Gasteiger partial charge in [-0.15, -0.1) is 0 Å². The quantitative estimate of drug-likeness (QED) is 0.782. The molecule has 0 radical (unpaired) electrons. The Hall–Kier alpha value is -1.61. The van der Waals surface area contributed by atoms with Crippen LogP contribution in [0.3, 0.4) is 0 Å². The van der Waals surface area contributed by atoms with Crippen molar-refractivity contribution in [1.29, 1.82) is 0 Å². The summed E-state index contributed by atoms with van der Waals surface area (Å²) in [6.07, 6.45) is 1.13. The summed E-state index contributed by atoms with van der Waals surface area (Å²) in [5.74, 6) is 0.769. The summed E-state index contributed by atoms with van der Waals surface area (Å²) < 4.78 is 7.09. The average molecular weight is 314 g/mol. The maximum absolute atomic E-state index is 6.04. The smallest absolute Gasteiger partial charge is 0.217 e. The van der Waals surface area contributed by atoms with Crippen LogP contribution in [0.2, 0.25) is 0 Å². The molecule has 0 N–H and O–H groups in total. The minimum Gasteiger partial charge on any atom is -0.471 e. The summed E-state index contributed by atoms with van der Waals surface area (Å²) in [6, 6.07) is 16.8. The SMILES string of the molecule is Brc1cccc(C2=N[C@H]3c4ccccc4C[C@H]3O2)c1. The molecule has 0 unspecified atom stereocenters. The Balaban J connectivity index is 1.73. The number of rotatable bonds is 1. The first kappa shape index (κ1) is 11.2. The van der Waals surface area contributed by atoms with Gasteiger partial charge in [-0.2, -0.15) is 0 Å². The maximum Gasteiger partial charge on any atom is 0.217 e. The van der Waals surface area contributed by atoms with Crippen LogP contribution >= 0.6 is 15.9 Å². The molecular formula is C16H12BrNO. The molecule has 19 heavy (non-hydrogen) atoms. The molecule has 2 nitrogen and oxygen atoms in total. The number of hydrogen-bond donors (Lipinski definition) is 0. The Morgan fingerprint density at radius 1 is 1.11 bits per heavy atom. The van der Waals surface area contributed by atoms with Crippen LogP contribution < -0.4 is 0 Å². The van der Waals surface area contributed by atoms with Crippen LogP contribution in [0, 0.1) is 0 Å². The van der Waals surface area contributed by atoms with Gasteiger partial charge in [0.2, 0.25) is 5.90 Å². The summed E-state index contributed by atoms with van der Waals surface area (Å²) in [5, 5.41) is 0. The summed E-state index contributed by atoms with van der Waals surface area (Å²) in [5.41, 5.74) is 3.73. The van der Waals surface area contributed by atoms with E-state index in [-0.39, 0.29) is 12.1 Å². The number of halogens is 1. The third-order valence-corrected chi connectivity index (χ3v) is 4.23. The lowest BCUT2D eigenvalue weighted by atomic mass is 10.1. The molecule has 2 aromatic rings. The lowest BCUT2D eigenvalue weighted by molar-refractivity contribution is 0.206. The molecule has 94 valence electrons. The first-order valence-corrected chi connectivity index (χ1v) is 7.19. The van der Waals surface area contributed by atoms with Gasteiger partial charge in [0.1, 0.15) is 12.1 Å². The Kier molecular flexibility index (Phi) is 2.49. The zero-order chi connectivity index (χ0) is 12.8. The zero-order valence-corrected chi connectivity index (χ0v) is 11.8. The zero-order valence-electron chi connectivity index (χ0n) is 10.2. The minimum absolute atomic E-state index is 0.171. The Morgan fingerprint density at radius 2 is 2.00 bits per heavy atom. The molecule has 0 fully saturated rings. The largest absolute Gasteiger partial charge is 0.471 e. The fourth-order valence-electron chi connectivity index (χ4n) is 2.86. The van der Waals surface area contributed by atoms with Crippen LogP contribution in [0.25, 0.3) is 0 Å². The molecule has 2 atom stereocenters. The van der Waals surface area contributed by atoms with Gasteiger partial charge in [-0.3, -0.25) is 0 Å². The summed E-state index contributed by atoms with van der Waals surface area (Å²) in [6.45, 7) is 0. The molecule has 3 heteroatoms. The number of aliphatic imine (C=N–C) groups is 1. The highest BCUT2D eigenvalue weighted by Crippen LogP contribution is 2.40. The van der Waals surface area contributed by atoms with Crippen LogP contribution in [0.1, 0.15) is 22.7 Å². The van der Waals surface area contributed by atoms with Crippen LogP contribution in [0.4, 0.5) is 0 Å². The molecule has 0 bridgehead atoms. The van der Waals surface area contributed by atoms with Crippen molar-refractivity contribution < 1.29 is 4.74 Å². The molecule has 0 amide bonds. The summed E-state index contributed by atoms with van der Waals surface area (Å²) >= 11 is 3.49. The highest BCUT2D eigenvalue weighted by atomic mass is 79.9. The first-order chi connectivity index (χ1) is 9.31. The monoisotopic (exact) mass is 313 g/mol. The highest BCUT2D eigenvalue weighted by molar-refractivity contribution is 9.10. The molecule has 2 aromatic carbocycles. The molecule has 1 heterocycles. The predicted molar refractivity (Wildman–Crippen MR) is 78.4 cm³/mol. The maximum atomic E-state index is 6.04. The molecule has 0 aromatic heterocycles. The van der Waals surface area contributed by atoms with Gasteiger partial charge in [-0.25, -0.2) is 4.99 Å². The number of benzene rings is 2. The second kappa shape index (κ2) is 4.20. The summed E-state index contributed by atoms with van der Waals surface area (Å²) in [4.78, 5) is 4.78. The van der Waals surface area contributed by atoms with Gasteiger partial charge in [0.05, 0.1) is 0 Å². The van der Waals surface area contributed by atoms with E-state index in [0.29, 0.717) is 0 Å². The molecule has 1 aliphatic heterocycles. The van der Waals surface area contributed by atoms with E-state index in [1.54, 1.807) is 0 Å². The van der Waals surface area contributed by atoms with E-state index in [1.807, 2.05) is 24.3 Å². The second-order valence-electron chi connectivity index (χ2n) is 4.95. The van der Waals surface area contributed by atoms with Gasteiger partial charge in [0.15, 0.2) is 0 Å². The van der Waals surface area contributed by atoms with E-state index in [4.69, 9.17) is 9.73 Å². The van der Waals surface area contributed by atoms with Gasteiger partial charge in [-0.05, 0) is 29.3 Å². The van der Waals surface area contributed by atoms with Crippen molar-refractivity contribution in [1.82, 2.24) is 0 Å². The van der Waals surface area contributed by atoms with Crippen molar-refractivity contribution in [2.75, 3.05) is 0 Å². The van der Waals surface area contributed by atoms with E-state index in [2.05, 4.69) is 40.2 Å². The van der Waals surface area contributed by atoms with Gasteiger partial charge in [-0.1, -0.05) is 46.3 Å². The molecule has 0 saturated carbocycles. The van der Waals surface area contributed by atoms with E-state index in [0.717, 1.165) is 22.4 Å². The summed E-state index contributed by atoms with van der Waals surface area (Å²) in [7, 11) is 0.